The summed E-state index contributed by atoms with van der Waals surface area (Å²) in [5.41, 5.74) is 4.71. The number of rotatable bonds is 7. The molecule has 33 heavy (non-hydrogen) atoms. The highest BCUT2D eigenvalue weighted by molar-refractivity contribution is 6.03. The van der Waals surface area contributed by atoms with Crippen molar-refractivity contribution in [3.05, 3.63) is 77.5 Å². The highest BCUT2D eigenvalue weighted by atomic mass is 16.2. The number of aromatic amines is 1. The molecule has 1 amide bonds. The predicted molar refractivity (Wildman–Crippen MR) is 130 cm³/mol. The molecule has 0 aliphatic heterocycles. The minimum atomic E-state index is -0.362. The molecule has 0 atom stereocenters. The molecule has 0 saturated heterocycles. The van der Waals surface area contributed by atoms with Crippen LogP contribution < -0.4 is 10.6 Å². The van der Waals surface area contributed by atoms with Gasteiger partial charge in [-0.15, -0.1) is 0 Å². The van der Waals surface area contributed by atoms with E-state index in [0.29, 0.717) is 5.41 Å². The van der Waals surface area contributed by atoms with E-state index in [9.17, 15) is 4.79 Å². The maximum atomic E-state index is 12.7. The number of carbonyl (C=O) groups excluding carboxylic acids is 1. The maximum Gasteiger partial charge on any atom is 0.291 e. The summed E-state index contributed by atoms with van der Waals surface area (Å²) in [6.45, 7) is 5.33. The van der Waals surface area contributed by atoms with Crippen LogP contribution in [0.2, 0.25) is 0 Å². The van der Waals surface area contributed by atoms with E-state index in [-0.39, 0.29) is 17.4 Å². The average molecular weight is 441 g/mol. The molecule has 0 bridgehead atoms. The Bertz CT molecular complexity index is 1200. The number of H-pyrrole nitrogens is 1. The lowest BCUT2D eigenvalue weighted by molar-refractivity contribution is 0.101. The van der Waals surface area contributed by atoms with Gasteiger partial charge in [0.2, 0.25) is 0 Å². The van der Waals surface area contributed by atoms with E-state index in [4.69, 9.17) is 5.26 Å². The van der Waals surface area contributed by atoms with Crippen LogP contribution in [-0.4, -0.2) is 27.4 Å². The fourth-order valence-electron chi connectivity index (χ4n) is 3.92. The fraction of sp³-hybridized carbons (Fsp3) is 0.308. The van der Waals surface area contributed by atoms with Gasteiger partial charge >= 0.3 is 0 Å². The lowest BCUT2D eigenvalue weighted by Gasteiger charge is -2.29. The molecule has 2 heterocycles. The molecule has 0 spiro atoms. The Kier molecular flexibility index (Phi) is 6.55. The van der Waals surface area contributed by atoms with Crippen LogP contribution in [0, 0.1) is 16.7 Å². The SMILES string of the molecule is CC1(C)CC=C(c2cc(CCNc3ccccn3)ccc2NC(=O)c2nc(C#N)c[nH]2)CC1. The number of anilines is 2. The number of allylic oxidation sites excluding steroid dienone is 2. The molecule has 168 valence electrons. The van der Waals surface area contributed by atoms with Crippen LogP contribution in [0.3, 0.4) is 0 Å². The molecular formula is C26H28N6O. The van der Waals surface area contributed by atoms with Gasteiger partial charge in [0.25, 0.3) is 5.91 Å². The summed E-state index contributed by atoms with van der Waals surface area (Å²) < 4.78 is 0. The first-order valence-corrected chi connectivity index (χ1v) is 11.2. The van der Waals surface area contributed by atoms with Gasteiger partial charge in [0, 0.05) is 30.2 Å². The molecule has 0 unspecified atom stereocenters. The summed E-state index contributed by atoms with van der Waals surface area (Å²) >= 11 is 0. The Labute approximate surface area is 194 Å². The summed E-state index contributed by atoms with van der Waals surface area (Å²) in [5, 5.41) is 15.3. The van der Waals surface area contributed by atoms with Crippen LogP contribution in [0.1, 0.15) is 60.5 Å². The molecule has 4 rings (SSSR count). The number of hydrogen-bond acceptors (Lipinski definition) is 5. The largest absolute Gasteiger partial charge is 0.370 e. The lowest BCUT2D eigenvalue weighted by atomic mass is 9.76. The minimum absolute atomic E-state index is 0.125. The van der Waals surface area contributed by atoms with Crippen molar-refractivity contribution in [1.82, 2.24) is 15.0 Å². The van der Waals surface area contributed by atoms with Crippen molar-refractivity contribution in [2.45, 2.75) is 39.5 Å². The Morgan fingerprint density at radius 3 is 2.85 bits per heavy atom. The Morgan fingerprint density at radius 1 is 1.27 bits per heavy atom. The molecule has 7 nitrogen and oxygen atoms in total. The number of nitrogens with zero attached hydrogens (tertiary/aromatic N) is 3. The van der Waals surface area contributed by atoms with Gasteiger partial charge in [0.05, 0.1) is 0 Å². The molecule has 1 aliphatic carbocycles. The van der Waals surface area contributed by atoms with Crippen molar-refractivity contribution in [3.63, 3.8) is 0 Å². The highest BCUT2D eigenvalue weighted by Gasteiger charge is 2.24. The number of imidazole rings is 1. The van der Waals surface area contributed by atoms with Crippen molar-refractivity contribution in [2.24, 2.45) is 5.41 Å². The molecule has 3 aromatic rings. The van der Waals surface area contributed by atoms with Crippen LogP contribution in [-0.2, 0) is 6.42 Å². The zero-order chi connectivity index (χ0) is 23.3. The van der Waals surface area contributed by atoms with Gasteiger partial charge in [0.15, 0.2) is 11.5 Å². The number of nitrogens with one attached hydrogen (secondary N) is 3. The van der Waals surface area contributed by atoms with Gasteiger partial charge in [-0.1, -0.05) is 32.1 Å². The predicted octanol–water partition coefficient (Wildman–Crippen LogP) is 5.18. The third-order valence-corrected chi connectivity index (χ3v) is 5.94. The minimum Gasteiger partial charge on any atom is -0.370 e. The van der Waals surface area contributed by atoms with E-state index in [1.54, 1.807) is 6.20 Å². The number of aromatic nitrogens is 3. The summed E-state index contributed by atoms with van der Waals surface area (Å²) in [4.78, 5) is 23.8. The molecule has 7 heteroatoms. The summed E-state index contributed by atoms with van der Waals surface area (Å²) in [5.74, 6) is 0.618. The van der Waals surface area contributed by atoms with E-state index < -0.39 is 0 Å². The summed E-state index contributed by atoms with van der Waals surface area (Å²) in [6.07, 6.45) is 9.40. The first kappa shape index (κ1) is 22.3. The van der Waals surface area contributed by atoms with Crippen molar-refractivity contribution < 1.29 is 4.79 Å². The van der Waals surface area contributed by atoms with Gasteiger partial charge in [-0.05, 0) is 66.5 Å². The number of amides is 1. The maximum absolute atomic E-state index is 12.7. The third kappa shape index (κ3) is 5.66. The van der Waals surface area contributed by atoms with Gasteiger partial charge in [-0.2, -0.15) is 5.26 Å². The molecule has 0 radical (unpaired) electrons. The number of hydrogen-bond donors (Lipinski definition) is 3. The van der Waals surface area contributed by atoms with Gasteiger partial charge < -0.3 is 15.6 Å². The van der Waals surface area contributed by atoms with Crippen molar-refractivity contribution in [3.8, 4) is 6.07 Å². The van der Waals surface area contributed by atoms with E-state index in [1.807, 2.05) is 36.4 Å². The average Bonchev–Trinajstić information content (AvgIpc) is 3.30. The molecule has 1 aromatic carbocycles. The van der Waals surface area contributed by atoms with Crippen LogP contribution >= 0.6 is 0 Å². The van der Waals surface area contributed by atoms with E-state index >= 15 is 0 Å². The van der Waals surface area contributed by atoms with Crippen molar-refractivity contribution >= 4 is 23.0 Å². The molecular weight excluding hydrogens is 412 g/mol. The standard InChI is InChI=1S/C26H28N6O/c1-26(2)11-8-19(9-12-26)21-15-18(10-14-29-23-5-3-4-13-28-23)6-7-22(21)32-25(33)24-30-17-20(16-27)31-24/h3-8,13,15,17H,9-12,14H2,1-2H3,(H,28,29)(H,30,31)(H,32,33). The number of pyridine rings is 1. The number of benzene rings is 1. The Morgan fingerprint density at radius 2 is 2.15 bits per heavy atom. The van der Waals surface area contributed by atoms with E-state index in [0.717, 1.165) is 49.3 Å². The number of carbonyl (C=O) groups is 1. The second-order valence-corrected chi connectivity index (χ2v) is 9.07. The Balaban J connectivity index is 1.55. The quantitative estimate of drug-likeness (QED) is 0.469. The zero-order valence-electron chi connectivity index (χ0n) is 19.0. The first-order chi connectivity index (χ1) is 15.9. The normalized spacial score (nSPS) is 14.8. The smallest absolute Gasteiger partial charge is 0.291 e. The van der Waals surface area contributed by atoms with Crippen LogP contribution in [0.25, 0.3) is 5.57 Å². The number of nitriles is 1. The topological polar surface area (TPSA) is 106 Å². The summed E-state index contributed by atoms with van der Waals surface area (Å²) in [7, 11) is 0. The lowest BCUT2D eigenvalue weighted by Crippen LogP contribution is -2.17. The van der Waals surface area contributed by atoms with Gasteiger partial charge in [0.1, 0.15) is 11.9 Å². The molecule has 2 aromatic heterocycles. The molecule has 1 aliphatic rings. The Hall–Kier alpha value is -3.92. The second-order valence-electron chi connectivity index (χ2n) is 9.07. The van der Waals surface area contributed by atoms with Gasteiger partial charge in [-0.3, -0.25) is 4.79 Å². The zero-order valence-corrected chi connectivity index (χ0v) is 19.0. The molecule has 0 fully saturated rings. The van der Waals surface area contributed by atoms with E-state index in [2.05, 4.69) is 51.6 Å². The first-order valence-electron chi connectivity index (χ1n) is 11.2. The van der Waals surface area contributed by atoms with Crippen molar-refractivity contribution in [2.75, 3.05) is 17.2 Å². The molecule has 0 saturated carbocycles. The highest BCUT2D eigenvalue weighted by Crippen LogP contribution is 2.40. The van der Waals surface area contributed by atoms with E-state index in [1.165, 1.54) is 17.3 Å². The van der Waals surface area contributed by atoms with Crippen LogP contribution in [0.5, 0.6) is 0 Å². The second kappa shape index (κ2) is 9.70. The monoisotopic (exact) mass is 440 g/mol. The van der Waals surface area contributed by atoms with Crippen LogP contribution in [0.15, 0.2) is 54.9 Å². The third-order valence-electron chi connectivity index (χ3n) is 5.94. The molecule has 3 N–H and O–H groups in total. The fourth-order valence-corrected chi connectivity index (χ4v) is 3.92. The summed E-state index contributed by atoms with van der Waals surface area (Å²) in [6, 6.07) is 13.9. The van der Waals surface area contributed by atoms with Crippen LogP contribution in [0.4, 0.5) is 11.5 Å². The van der Waals surface area contributed by atoms with Crippen molar-refractivity contribution in [1.29, 1.82) is 5.26 Å². The van der Waals surface area contributed by atoms with Gasteiger partial charge in [-0.25, -0.2) is 9.97 Å².